The Morgan fingerprint density at radius 3 is 2.47 bits per heavy atom. The molecule has 19 heavy (non-hydrogen) atoms. The quantitative estimate of drug-likeness (QED) is 0.800. The molecule has 1 heterocycles. The SMILES string of the molecule is CC(C)(C)C1CC[Si](C)(CNCc2ccccc2)C1. The third-order valence-corrected chi connectivity index (χ3v) is 8.86. The van der Waals surface area contributed by atoms with Gasteiger partial charge in [-0.3, -0.25) is 0 Å². The van der Waals surface area contributed by atoms with Gasteiger partial charge in [-0.25, -0.2) is 0 Å². The molecule has 1 nitrogen and oxygen atoms in total. The topological polar surface area (TPSA) is 12.0 Å². The second kappa shape index (κ2) is 5.80. The Morgan fingerprint density at radius 1 is 1.21 bits per heavy atom. The zero-order valence-corrected chi connectivity index (χ0v) is 14.0. The van der Waals surface area contributed by atoms with Crippen molar-refractivity contribution in [1.82, 2.24) is 5.32 Å². The van der Waals surface area contributed by atoms with Crippen LogP contribution >= 0.6 is 0 Å². The second-order valence-electron chi connectivity index (χ2n) is 7.71. The van der Waals surface area contributed by atoms with Crippen molar-refractivity contribution in [2.45, 2.75) is 52.4 Å². The first kappa shape index (κ1) is 14.8. The van der Waals surface area contributed by atoms with Crippen LogP contribution in [0.1, 0.15) is 32.8 Å². The molecule has 1 aliphatic heterocycles. The molecule has 1 N–H and O–H groups in total. The van der Waals surface area contributed by atoms with Crippen LogP contribution in [0.2, 0.25) is 18.6 Å². The summed E-state index contributed by atoms with van der Waals surface area (Å²) in [6, 6.07) is 13.8. The standard InChI is InChI=1S/C17H29NSi/c1-17(2,3)16-10-11-19(4,13-16)14-18-12-15-8-6-5-7-9-15/h5-9,16,18H,10-14H2,1-4H3. The van der Waals surface area contributed by atoms with Crippen molar-refractivity contribution >= 4 is 8.07 Å². The number of hydrogen-bond acceptors (Lipinski definition) is 1. The number of benzene rings is 1. The summed E-state index contributed by atoms with van der Waals surface area (Å²) >= 11 is 0. The molecule has 1 saturated heterocycles. The minimum absolute atomic E-state index is 0.504. The molecule has 0 aliphatic carbocycles. The van der Waals surface area contributed by atoms with Gasteiger partial charge >= 0.3 is 0 Å². The predicted molar refractivity (Wildman–Crippen MR) is 86.9 cm³/mol. The van der Waals surface area contributed by atoms with E-state index in [1.54, 1.807) is 0 Å². The van der Waals surface area contributed by atoms with Gasteiger partial charge in [-0.05, 0) is 23.1 Å². The third kappa shape index (κ3) is 4.18. The summed E-state index contributed by atoms with van der Waals surface area (Å²) in [6.07, 6.45) is 2.74. The average Bonchev–Trinajstić information content (AvgIpc) is 2.73. The Labute approximate surface area is 119 Å². The first-order valence-corrected chi connectivity index (χ1v) is 10.8. The minimum atomic E-state index is -1.02. The fraction of sp³-hybridized carbons (Fsp3) is 0.647. The van der Waals surface area contributed by atoms with Gasteiger partial charge in [0.2, 0.25) is 0 Å². The normalized spacial score (nSPS) is 27.7. The van der Waals surface area contributed by atoms with Crippen molar-refractivity contribution in [3.63, 3.8) is 0 Å². The Balaban J connectivity index is 1.80. The van der Waals surface area contributed by atoms with Crippen LogP contribution in [-0.4, -0.2) is 14.2 Å². The highest BCUT2D eigenvalue weighted by Gasteiger charge is 2.41. The van der Waals surface area contributed by atoms with E-state index in [-0.39, 0.29) is 0 Å². The third-order valence-electron chi connectivity index (χ3n) is 4.78. The van der Waals surface area contributed by atoms with Crippen LogP contribution in [0.5, 0.6) is 0 Å². The van der Waals surface area contributed by atoms with E-state index < -0.39 is 8.07 Å². The van der Waals surface area contributed by atoms with E-state index in [9.17, 15) is 0 Å². The Hall–Kier alpha value is -0.603. The van der Waals surface area contributed by atoms with Gasteiger partial charge in [-0.2, -0.15) is 0 Å². The summed E-state index contributed by atoms with van der Waals surface area (Å²) in [4.78, 5) is 0. The molecule has 1 fully saturated rings. The van der Waals surface area contributed by atoms with E-state index in [2.05, 4.69) is 63.0 Å². The molecule has 0 saturated carbocycles. The van der Waals surface area contributed by atoms with Crippen molar-refractivity contribution < 1.29 is 0 Å². The molecule has 2 atom stereocenters. The monoisotopic (exact) mass is 275 g/mol. The maximum atomic E-state index is 3.72. The lowest BCUT2D eigenvalue weighted by atomic mass is 9.81. The zero-order chi connectivity index (χ0) is 13.9. The summed E-state index contributed by atoms with van der Waals surface area (Å²) in [5, 5.41) is 3.72. The van der Waals surface area contributed by atoms with E-state index in [1.165, 1.54) is 30.2 Å². The summed E-state index contributed by atoms with van der Waals surface area (Å²) < 4.78 is 0. The van der Waals surface area contributed by atoms with Gasteiger partial charge in [0.25, 0.3) is 0 Å². The molecule has 1 aromatic carbocycles. The molecule has 2 unspecified atom stereocenters. The highest BCUT2D eigenvalue weighted by molar-refractivity contribution is 6.79. The largest absolute Gasteiger partial charge is 0.315 e. The van der Waals surface area contributed by atoms with Crippen LogP contribution in [0.25, 0.3) is 0 Å². The Morgan fingerprint density at radius 2 is 1.89 bits per heavy atom. The van der Waals surface area contributed by atoms with E-state index >= 15 is 0 Å². The zero-order valence-electron chi connectivity index (χ0n) is 13.0. The van der Waals surface area contributed by atoms with Gasteiger partial charge in [-0.15, -0.1) is 0 Å². The number of hydrogen-bond donors (Lipinski definition) is 1. The molecule has 106 valence electrons. The fourth-order valence-electron chi connectivity index (χ4n) is 3.33. The predicted octanol–water partition coefficient (Wildman–Crippen LogP) is 4.46. The van der Waals surface area contributed by atoms with Crippen LogP contribution in [0.4, 0.5) is 0 Å². The summed E-state index contributed by atoms with van der Waals surface area (Å²) in [6.45, 7) is 10.9. The molecular formula is C17H29NSi. The first-order valence-electron chi connectivity index (χ1n) is 7.64. The lowest BCUT2D eigenvalue weighted by Crippen LogP contribution is -2.40. The van der Waals surface area contributed by atoms with Crippen molar-refractivity contribution in [3.8, 4) is 0 Å². The highest BCUT2D eigenvalue weighted by Crippen LogP contribution is 2.44. The van der Waals surface area contributed by atoms with Gasteiger partial charge in [0.1, 0.15) is 0 Å². The van der Waals surface area contributed by atoms with Crippen LogP contribution in [-0.2, 0) is 6.54 Å². The molecule has 0 bridgehead atoms. The van der Waals surface area contributed by atoms with E-state index in [1.807, 2.05) is 0 Å². The molecule has 0 amide bonds. The fourth-order valence-corrected chi connectivity index (χ4v) is 7.63. The van der Waals surface area contributed by atoms with Crippen molar-refractivity contribution in [2.24, 2.45) is 11.3 Å². The maximum Gasteiger partial charge on any atom is 0.0660 e. The molecule has 1 aromatic rings. The van der Waals surface area contributed by atoms with Gasteiger partial charge in [-0.1, -0.05) is 76.2 Å². The van der Waals surface area contributed by atoms with E-state index in [4.69, 9.17) is 0 Å². The molecule has 1 aliphatic rings. The molecule has 2 rings (SSSR count). The maximum absolute atomic E-state index is 3.72. The van der Waals surface area contributed by atoms with E-state index in [0.717, 1.165) is 12.5 Å². The van der Waals surface area contributed by atoms with E-state index in [0.29, 0.717) is 5.41 Å². The summed E-state index contributed by atoms with van der Waals surface area (Å²) in [5.74, 6) is 0.947. The molecule has 0 radical (unpaired) electrons. The van der Waals surface area contributed by atoms with Crippen molar-refractivity contribution in [2.75, 3.05) is 6.17 Å². The van der Waals surface area contributed by atoms with Crippen LogP contribution in [0.15, 0.2) is 30.3 Å². The molecule has 0 aromatic heterocycles. The smallest absolute Gasteiger partial charge is 0.0660 e. The van der Waals surface area contributed by atoms with Crippen LogP contribution in [0, 0.1) is 11.3 Å². The van der Waals surface area contributed by atoms with Gasteiger partial charge in [0, 0.05) is 6.54 Å². The van der Waals surface area contributed by atoms with Gasteiger partial charge in [0.15, 0.2) is 0 Å². The van der Waals surface area contributed by atoms with Crippen molar-refractivity contribution in [1.29, 1.82) is 0 Å². The van der Waals surface area contributed by atoms with Crippen LogP contribution in [0.3, 0.4) is 0 Å². The van der Waals surface area contributed by atoms with Crippen molar-refractivity contribution in [3.05, 3.63) is 35.9 Å². The number of nitrogens with one attached hydrogen (secondary N) is 1. The number of rotatable bonds is 4. The minimum Gasteiger partial charge on any atom is -0.315 e. The highest BCUT2D eigenvalue weighted by atomic mass is 28.3. The van der Waals surface area contributed by atoms with Gasteiger partial charge < -0.3 is 5.32 Å². The Kier molecular flexibility index (Phi) is 4.52. The summed E-state index contributed by atoms with van der Waals surface area (Å²) in [5.41, 5.74) is 1.91. The lowest BCUT2D eigenvalue weighted by molar-refractivity contribution is 0.264. The van der Waals surface area contributed by atoms with Gasteiger partial charge in [0.05, 0.1) is 8.07 Å². The average molecular weight is 276 g/mol. The first-order chi connectivity index (χ1) is 8.89. The lowest BCUT2D eigenvalue weighted by Gasteiger charge is -2.29. The van der Waals surface area contributed by atoms with Crippen LogP contribution < -0.4 is 5.32 Å². The summed E-state index contributed by atoms with van der Waals surface area (Å²) in [7, 11) is -1.02. The molecule has 2 heteroatoms. The Bertz CT molecular complexity index is 395. The second-order valence-corrected chi connectivity index (χ2v) is 12.6. The molecular weight excluding hydrogens is 246 g/mol. The molecule has 0 spiro atoms.